The van der Waals surface area contributed by atoms with E-state index in [1.54, 1.807) is 0 Å². The van der Waals surface area contributed by atoms with Gasteiger partial charge in [-0.15, -0.1) is 0 Å². The second-order valence-electron chi connectivity index (χ2n) is 20.4. The number of furan rings is 1. The van der Waals surface area contributed by atoms with Crippen LogP contribution in [0.15, 0.2) is 265 Å². The minimum atomic E-state index is 0.869. The molecule has 0 N–H and O–H groups in total. The van der Waals surface area contributed by atoms with E-state index in [-0.39, 0.29) is 0 Å². The van der Waals surface area contributed by atoms with Crippen LogP contribution in [0.25, 0.3) is 159 Å². The van der Waals surface area contributed by atoms with E-state index in [9.17, 15) is 0 Å². The fourth-order valence-corrected chi connectivity index (χ4v) is 13.0. The first-order valence-electron chi connectivity index (χ1n) is 26.2. The fraction of sp³-hybridized carbons (Fsp3) is 0. The van der Waals surface area contributed by atoms with Crippen LogP contribution in [0.4, 0.5) is 0 Å². The van der Waals surface area contributed by atoms with Gasteiger partial charge in [-0.1, -0.05) is 158 Å². The van der Waals surface area contributed by atoms with Crippen molar-refractivity contribution in [2.45, 2.75) is 0 Å². The Kier molecular flexibility index (Phi) is 8.52. The van der Waals surface area contributed by atoms with Gasteiger partial charge in [-0.05, 0) is 158 Å². The van der Waals surface area contributed by atoms with Gasteiger partial charge >= 0.3 is 0 Å². The standard InChI is InChI=1S/C72H43N3O/c1-2-16-48(17-3-1)73-64-26-11-8-23-56(64)61-41-46(30-35-67(61)73)47-31-36-68-62(42-47)57-24-9-12-27-65(57)74(68)50-32-38-70-63(43-50)58-34-37-69-71(72(58)76-70)59-25-10-13-28-66(59)75(69)49-18-14-15-44(39-49)45-29-33-55-53-21-5-4-19-51(53)52-20-6-7-22-54(52)60(55)40-45/h1-43H. The van der Waals surface area contributed by atoms with E-state index in [4.69, 9.17) is 4.42 Å². The summed E-state index contributed by atoms with van der Waals surface area (Å²) in [6, 6.07) is 95.7. The molecule has 352 valence electrons. The molecule has 17 rings (SSSR count). The summed E-state index contributed by atoms with van der Waals surface area (Å²) in [5.74, 6) is 0. The number of nitrogens with zero attached hydrogens (tertiary/aromatic N) is 3. The van der Waals surface area contributed by atoms with E-state index >= 15 is 0 Å². The Morgan fingerprint density at radius 2 is 0.632 bits per heavy atom. The predicted molar refractivity (Wildman–Crippen MR) is 320 cm³/mol. The number of aromatic nitrogens is 3. The monoisotopic (exact) mass is 965 g/mol. The minimum Gasteiger partial charge on any atom is -0.455 e. The molecule has 0 bridgehead atoms. The van der Waals surface area contributed by atoms with Crippen LogP contribution in [0.2, 0.25) is 0 Å². The molecule has 0 saturated carbocycles. The van der Waals surface area contributed by atoms with Crippen molar-refractivity contribution in [1.82, 2.24) is 13.7 Å². The molecular weight excluding hydrogens is 923 g/mol. The lowest BCUT2D eigenvalue weighted by molar-refractivity contribution is 0.673. The molecule has 0 radical (unpaired) electrons. The van der Waals surface area contributed by atoms with E-state index in [0.29, 0.717) is 0 Å². The highest BCUT2D eigenvalue weighted by atomic mass is 16.3. The van der Waals surface area contributed by atoms with Gasteiger partial charge in [-0.25, -0.2) is 0 Å². The molecule has 0 aliphatic heterocycles. The molecule has 0 saturated heterocycles. The molecule has 76 heavy (non-hydrogen) atoms. The Labute approximate surface area is 435 Å². The van der Waals surface area contributed by atoms with E-state index in [1.807, 2.05) is 0 Å². The first kappa shape index (κ1) is 41.3. The van der Waals surface area contributed by atoms with Crippen LogP contribution >= 0.6 is 0 Å². The van der Waals surface area contributed by atoms with Crippen molar-refractivity contribution in [3.63, 3.8) is 0 Å². The van der Waals surface area contributed by atoms with Gasteiger partial charge in [0, 0.05) is 54.8 Å². The van der Waals surface area contributed by atoms with Gasteiger partial charge in [-0.3, -0.25) is 0 Å². The van der Waals surface area contributed by atoms with E-state index in [1.165, 1.54) is 92.7 Å². The molecule has 4 aromatic heterocycles. The highest BCUT2D eigenvalue weighted by molar-refractivity contribution is 6.27. The first-order chi connectivity index (χ1) is 37.7. The first-order valence-corrected chi connectivity index (χ1v) is 26.2. The largest absolute Gasteiger partial charge is 0.455 e. The number of hydrogen-bond acceptors (Lipinski definition) is 1. The van der Waals surface area contributed by atoms with Crippen LogP contribution in [-0.4, -0.2) is 13.7 Å². The highest BCUT2D eigenvalue weighted by Crippen LogP contribution is 2.44. The maximum atomic E-state index is 6.99. The molecule has 13 aromatic carbocycles. The Morgan fingerprint density at radius 1 is 0.211 bits per heavy atom. The van der Waals surface area contributed by atoms with Crippen LogP contribution < -0.4 is 0 Å². The molecule has 4 nitrogen and oxygen atoms in total. The molecular formula is C72H43N3O. The lowest BCUT2D eigenvalue weighted by Crippen LogP contribution is -1.94. The number of rotatable bonds is 5. The van der Waals surface area contributed by atoms with Gasteiger partial charge in [0.05, 0.1) is 38.5 Å². The lowest BCUT2D eigenvalue weighted by atomic mass is 9.92. The van der Waals surface area contributed by atoms with Crippen molar-refractivity contribution >= 4 is 120 Å². The fourth-order valence-electron chi connectivity index (χ4n) is 13.0. The van der Waals surface area contributed by atoms with E-state index < -0.39 is 0 Å². The average molecular weight is 966 g/mol. The summed E-state index contributed by atoms with van der Waals surface area (Å²) in [6.07, 6.45) is 0. The van der Waals surface area contributed by atoms with Gasteiger partial charge in [0.25, 0.3) is 0 Å². The zero-order chi connectivity index (χ0) is 49.6. The number of hydrogen-bond donors (Lipinski definition) is 0. The van der Waals surface area contributed by atoms with Crippen LogP contribution in [0.5, 0.6) is 0 Å². The van der Waals surface area contributed by atoms with Gasteiger partial charge in [0.1, 0.15) is 11.2 Å². The Morgan fingerprint density at radius 3 is 1.28 bits per heavy atom. The maximum absolute atomic E-state index is 6.99. The summed E-state index contributed by atoms with van der Waals surface area (Å²) in [5, 5.41) is 17.1. The van der Waals surface area contributed by atoms with Crippen molar-refractivity contribution in [3.05, 3.63) is 261 Å². The van der Waals surface area contributed by atoms with Crippen LogP contribution in [0.3, 0.4) is 0 Å². The number of fused-ring (bicyclic) bond motifs is 19. The lowest BCUT2D eigenvalue weighted by Gasteiger charge is -2.13. The van der Waals surface area contributed by atoms with E-state index in [0.717, 1.165) is 66.3 Å². The van der Waals surface area contributed by atoms with Crippen LogP contribution in [0.1, 0.15) is 0 Å². The summed E-state index contributed by atoms with van der Waals surface area (Å²) in [6.45, 7) is 0. The molecule has 4 heterocycles. The molecule has 0 atom stereocenters. The van der Waals surface area contributed by atoms with Crippen LogP contribution in [0, 0.1) is 0 Å². The topological polar surface area (TPSA) is 27.9 Å². The molecule has 0 amide bonds. The second-order valence-corrected chi connectivity index (χ2v) is 20.4. The smallest absolute Gasteiger partial charge is 0.145 e. The Bertz CT molecular complexity index is 5260. The molecule has 17 aromatic rings. The van der Waals surface area contributed by atoms with Gasteiger partial charge in [0.15, 0.2) is 0 Å². The van der Waals surface area contributed by atoms with Crippen molar-refractivity contribution in [3.8, 4) is 39.3 Å². The number of benzene rings is 13. The summed E-state index contributed by atoms with van der Waals surface area (Å²) in [4.78, 5) is 0. The summed E-state index contributed by atoms with van der Waals surface area (Å²) < 4.78 is 14.2. The quantitative estimate of drug-likeness (QED) is 0.158. The van der Waals surface area contributed by atoms with Crippen molar-refractivity contribution in [1.29, 1.82) is 0 Å². The van der Waals surface area contributed by atoms with E-state index in [2.05, 4.69) is 275 Å². The third kappa shape index (κ3) is 5.84. The normalized spacial score (nSPS) is 12.2. The number of para-hydroxylation sites is 4. The zero-order valence-electron chi connectivity index (χ0n) is 41.1. The third-order valence-corrected chi connectivity index (χ3v) is 16.4. The molecule has 0 unspecified atom stereocenters. The summed E-state index contributed by atoms with van der Waals surface area (Å²) >= 11 is 0. The Hall–Kier alpha value is -10.2. The molecule has 4 heteroatoms. The van der Waals surface area contributed by atoms with Gasteiger partial charge < -0.3 is 18.1 Å². The third-order valence-electron chi connectivity index (χ3n) is 16.4. The highest BCUT2D eigenvalue weighted by Gasteiger charge is 2.22. The minimum absolute atomic E-state index is 0.869. The second kappa shape index (κ2) is 15.7. The van der Waals surface area contributed by atoms with Crippen molar-refractivity contribution < 1.29 is 4.42 Å². The SMILES string of the molecule is c1ccc(-n2c3ccccc3c3cc(-c4ccc5c(c4)c4ccccc4n5-c4ccc5oc6c(ccc7c6c6ccccc6n7-c6cccc(-c7ccc8c9ccccc9c9ccccc9c8c7)c6)c5c4)ccc32)cc1. The zero-order valence-corrected chi connectivity index (χ0v) is 41.1. The van der Waals surface area contributed by atoms with Gasteiger partial charge in [0.2, 0.25) is 0 Å². The van der Waals surface area contributed by atoms with Crippen LogP contribution in [-0.2, 0) is 0 Å². The molecule has 0 spiro atoms. The summed E-state index contributed by atoms with van der Waals surface area (Å²) in [5.41, 5.74) is 16.9. The molecule has 0 aliphatic carbocycles. The predicted octanol–water partition coefficient (Wildman–Crippen LogP) is 19.7. The van der Waals surface area contributed by atoms with Gasteiger partial charge in [-0.2, -0.15) is 0 Å². The molecule has 0 aliphatic rings. The summed E-state index contributed by atoms with van der Waals surface area (Å²) in [7, 11) is 0. The maximum Gasteiger partial charge on any atom is 0.145 e. The molecule has 0 fully saturated rings. The average Bonchev–Trinajstić information content (AvgIpc) is 4.33. The Balaban J connectivity index is 0.788. The van der Waals surface area contributed by atoms with Crippen molar-refractivity contribution in [2.75, 3.05) is 0 Å². The van der Waals surface area contributed by atoms with Crippen molar-refractivity contribution in [2.24, 2.45) is 0 Å².